The van der Waals surface area contributed by atoms with Gasteiger partial charge in [-0.25, -0.2) is 0 Å². The number of hydrogen-bond donors (Lipinski definition) is 1. The zero-order chi connectivity index (χ0) is 15.0. The van der Waals surface area contributed by atoms with Gasteiger partial charge < -0.3 is 10.1 Å². The minimum absolute atomic E-state index is 0.0984. The molecule has 1 aliphatic heterocycles. The van der Waals surface area contributed by atoms with Crippen molar-refractivity contribution in [2.45, 2.75) is 32.2 Å². The van der Waals surface area contributed by atoms with Crippen LogP contribution in [0.4, 0.5) is 0 Å². The van der Waals surface area contributed by atoms with Crippen molar-refractivity contribution in [1.29, 1.82) is 0 Å². The quantitative estimate of drug-likeness (QED) is 0.905. The van der Waals surface area contributed by atoms with Crippen molar-refractivity contribution in [3.63, 3.8) is 0 Å². The molecule has 0 radical (unpaired) electrons. The van der Waals surface area contributed by atoms with Crippen molar-refractivity contribution in [1.82, 2.24) is 5.32 Å². The third-order valence-corrected chi connectivity index (χ3v) is 4.45. The summed E-state index contributed by atoms with van der Waals surface area (Å²) in [5, 5.41) is 3.29. The van der Waals surface area contributed by atoms with E-state index < -0.39 is 0 Å². The monoisotopic (exact) mass is 281 g/mol. The van der Waals surface area contributed by atoms with Gasteiger partial charge in [0.1, 0.15) is 5.75 Å². The van der Waals surface area contributed by atoms with Crippen LogP contribution in [0.1, 0.15) is 37.9 Å². The van der Waals surface area contributed by atoms with Crippen LogP contribution in [0.2, 0.25) is 0 Å². The molecule has 0 aliphatic carbocycles. The number of rotatable bonds is 3. The Hall–Kier alpha value is -1.80. The molecule has 1 atom stereocenters. The van der Waals surface area contributed by atoms with Crippen LogP contribution in [-0.2, 0) is 5.41 Å². The molecule has 21 heavy (non-hydrogen) atoms. The third kappa shape index (κ3) is 2.56. The summed E-state index contributed by atoms with van der Waals surface area (Å²) in [6.07, 6.45) is 0. The Morgan fingerprint density at radius 3 is 2.62 bits per heavy atom. The van der Waals surface area contributed by atoms with Crippen LogP contribution >= 0.6 is 0 Å². The lowest BCUT2D eigenvalue weighted by Crippen LogP contribution is -2.18. The molecule has 2 nitrogen and oxygen atoms in total. The summed E-state index contributed by atoms with van der Waals surface area (Å²) in [6.45, 7) is 7.42. The summed E-state index contributed by atoms with van der Waals surface area (Å²) in [4.78, 5) is 0. The predicted octanol–water partition coefficient (Wildman–Crippen LogP) is 4.30. The number of ether oxygens (including phenoxy) is 1. The van der Waals surface area contributed by atoms with E-state index in [0.29, 0.717) is 6.04 Å². The summed E-state index contributed by atoms with van der Waals surface area (Å²) in [6, 6.07) is 15.7. The molecule has 1 aliphatic rings. The maximum Gasteiger partial charge on any atom is 0.123 e. The highest BCUT2D eigenvalue weighted by Crippen LogP contribution is 2.40. The lowest BCUT2D eigenvalue weighted by molar-refractivity contribution is 0.291. The maximum atomic E-state index is 5.77. The number of hydrogen-bond acceptors (Lipinski definition) is 2. The SMILES string of the molecule is CNC(C)c1cccc(-c2ccc3c(c2)C(C)(C)CO3)c1. The van der Waals surface area contributed by atoms with Crippen LogP contribution < -0.4 is 10.1 Å². The molecule has 2 aromatic rings. The topological polar surface area (TPSA) is 21.3 Å². The third-order valence-electron chi connectivity index (χ3n) is 4.45. The van der Waals surface area contributed by atoms with E-state index >= 15 is 0 Å². The number of fused-ring (bicyclic) bond motifs is 1. The van der Waals surface area contributed by atoms with Crippen LogP contribution in [0.3, 0.4) is 0 Å². The van der Waals surface area contributed by atoms with Crippen LogP contribution in [0.15, 0.2) is 42.5 Å². The number of nitrogens with one attached hydrogen (secondary N) is 1. The highest BCUT2D eigenvalue weighted by molar-refractivity contribution is 5.67. The molecule has 0 bridgehead atoms. The van der Waals surface area contributed by atoms with Crippen molar-refractivity contribution in [3.8, 4) is 16.9 Å². The van der Waals surface area contributed by atoms with Gasteiger partial charge in [-0.05, 0) is 48.9 Å². The first-order valence-corrected chi connectivity index (χ1v) is 7.56. The molecular formula is C19H23NO. The van der Waals surface area contributed by atoms with Gasteiger partial charge in [0.05, 0.1) is 6.61 Å². The van der Waals surface area contributed by atoms with E-state index in [1.807, 2.05) is 7.05 Å². The van der Waals surface area contributed by atoms with Gasteiger partial charge in [-0.2, -0.15) is 0 Å². The Kier molecular flexibility index (Phi) is 3.50. The highest BCUT2D eigenvalue weighted by atomic mass is 16.5. The summed E-state index contributed by atoms with van der Waals surface area (Å²) in [5.74, 6) is 1.03. The van der Waals surface area contributed by atoms with Gasteiger partial charge in [-0.15, -0.1) is 0 Å². The van der Waals surface area contributed by atoms with E-state index in [4.69, 9.17) is 4.74 Å². The van der Waals surface area contributed by atoms with Gasteiger partial charge in [-0.1, -0.05) is 38.1 Å². The second-order valence-corrected chi connectivity index (χ2v) is 6.52. The van der Waals surface area contributed by atoms with Crippen molar-refractivity contribution >= 4 is 0 Å². The predicted molar refractivity (Wildman–Crippen MR) is 87.9 cm³/mol. The van der Waals surface area contributed by atoms with Crippen LogP contribution in [0, 0.1) is 0 Å². The average molecular weight is 281 g/mol. The van der Waals surface area contributed by atoms with Crippen molar-refractivity contribution in [2.24, 2.45) is 0 Å². The summed E-state index contributed by atoms with van der Waals surface area (Å²) in [7, 11) is 1.99. The van der Waals surface area contributed by atoms with E-state index in [9.17, 15) is 0 Å². The van der Waals surface area contributed by atoms with Crippen molar-refractivity contribution in [2.75, 3.05) is 13.7 Å². The van der Waals surface area contributed by atoms with Crippen molar-refractivity contribution < 1.29 is 4.74 Å². The first-order chi connectivity index (χ1) is 10.0. The Morgan fingerprint density at radius 2 is 1.86 bits per heavy atom. The van der Waals surface area contributed by atoms with Crippen molar-refractivity contribution in [3.05, 3.63) is 53.6 Å². The lowest BCUT2D eigenvalue weighted by Gasteiger charge is -2.16. The molecule has 0 spiro atoms. The van der Waals surface area contributed by atoms with Crippen LogP contribution in [0.25, 0.3) is 11.1 Å². The minimum atomic E-state index is 0.0984. The fraction of sp³-hybridized carbons (Fsp3) is 0.368. The zero-order valence-corrected chi connectivity index (χ0v) is 13.2. The van der Waals surface area contributed by atoms with E-state index in [2.05, 4.69) is 68.6 Å². The Morgan fingerprint density at radius 1 is 1.10 bits per heavy atom. The molecule has 0 amide bonds. The molecule has 1 N–H and O–H groups in total. The Balaban J connectivity index is 2.02. The maximum absolute atomic E-state index is 5.77. The van der Waals surface area contributed by atoms with Crippen LogP contribution in [-0.4, -0.2) is 13.7 Å². The second-order valence-electron chi connectivity index (χ2n) is 6.52. The molecule has 2 aromatic carbocycles. The second kappa shape index (κ2) is 5.19. The largest absolute Gasteiger partial charge is 0.492 e. The first kappa shape index (κ1) is 14.2. The Bertz CT molecular complexity index is 660. The van der Waals surface area contributed by atoms with Gasteiger partial charge in [0.15, 0.2) is 0 Å². The average Bonchev–Trinajstić information content (AvgIpc) is 2.81. The molecule has 0 saturated heterocycles. The smallest absolute Gasteiger partial charge is 0.123 e. The molecule has 2 heteroatoms. The summed E-state index contributed by atoms with van der Waals surface area (Å²) < 4.78 is 5.77. The summed E-state index contributed by atoms with van der Waals surface area (Å²) >= 11 is 0. The molecule has 0 aromatic heterocycles. The highest BCUT2D eigenvalue weighted by Gasteiger charge is 2.31. The van der Waals surface area contributed by atoms with E-state index in [1.165, 1.54) is 22.3 Å². The summed E-state index contributed by atoms with van der Waals surface area (Å²) in [5.41, 5.74) is 5.25. The van der Waals surface area contributed by atoms with Gasteiger partial charge >= 0.3 is 0 Å². The lowest BCUT2D eigenvalue weighted by atomic mass is 9.85. The first-order valence-electron chi connectivity index (χ1n) is 7.56. The minimum Gasteiger partial charge on any atom is -0.492 e. The van der Waals surface area contributed by atoms with E-state index in [0.717, 1.165) is 12.4 Å². The fourth-order valence-electron chi connectivity index (χ4n) is 2.85. The molecule has 1 unspecified atom stereocenters. The van der Waals surface area contributed by atoms with Gasteiger partial charge in [0, 0.05) is 17.0 Å². The standard InChI is InChI=1S/C19H23NO/c1-13(20-4)14-6-5-7-15(10-14)16-8-9-18-17(11-16)19(2,3)12-21-18/h5-11,13,20H,12H2,1-4H3. The molecule has 0 saturated carbocycles. The van der Waals surface area contributed by atoms with Crippen LogP contribution in [0.5, 0.6) is 5.75 Å². The fourth-order valence-corrected chi connectivity index (χ4v) is 2.85. The zero-order valence-electron chi connectivity index (χ0n) is 13.2. The van der Waals surface area contributed by atoms with E-state index in [1.54, 1.807) is 0 Å². The van der Waals surface area contributed by atoms with Gasteiger partial charge in [0.2, 0.25) is 0 Å². The van der Waals surface area contributed by atoms with Gasteiger partial charge in [0.25, 0.3) is 0 Å². The molecule has 3 rings (SSSR count). The normalized spacial score (nSPS) is 17.1. The van der Waals surface area contributed by atoms with Gasteiger partial charge in [-0.3, -0.25) is 0 Å². The molecule has 110 valence electrons. The Labute approximate surface area is 127 Å². The molecule has 0 fully saturated rings. The number of benzene rings is 2. The molecular weight excluding hydrogens is 258 g/mol. The molecule has 1 heterocycles. The van der Waals surface area contributed by atoms with E-state index in [-0.39, 0.29) is 5.41 Å².